The van der Waals surface area contributed by atoms with Crippen LogP contribution in [0.5, 0.6) is 0 Å². The molecule has 0 amide bonds. The van der Waals surface area contributed by atoms with Gasteiger partial charge < -0.3 is 5.73 Å². The summed E-state index contributed by atoms with van der Waals surface area (Å²) in [6.07, 6.45) is 6.89. The van der Waals surface area contributed by atoms with Crippen LogP contribution in [0.15, 0.2) is 55.0 Å². The summed E-state index contributed by atoms with van der Waals surface area (Å²) in [4.78, 5) is 9.14. The van der Waals surface area contributed by atoms with Crippen molar-refractivity contribution >= 4 is 22.0 Å². The average molecular weight is 372 g/mol. The number of anilines is 1. The van der Waals surface area contributed by atoms with Gasteiger partial charge in [-0.05, 0) is 42.7 Å². The first-order valence-corrected chi connectivity index (χ1v) is 9.40. The summed E-state index contributed by atoms with van der Waals surface area (Å²) in [5, 5.41) is 9.39. The molecular weight excluding hydrogens is 356 g/mol. The van der Waals surface area contributed by atoms with Crippen molar-refractivity contribution in [2.24, 2.45) is 0 Å². The predicted molar refractivity (Wildman–Crippen MR) is 107 cm³/mol. The minimum atomic E-state index is 0.478. The van der Waals surface area contributed by atoms with Gasteiger partial charge in [0.25, 0.3) is 0 Å². The number of benzene rings is 1. The molecule has 0 bridgehead atoms. The summed E-state index contributed by atoms with van der Waals surface area (Å²) in [5.41, 5.74) is 12.3. The van der Waals surface area contributed by atoms with Gasteiger partial charge in [0, 0.05) is 17.3 Å². The van der Waals surface area contributed by atoms with Crippen LogP contribution in [0, 0.1) is 6.92 Å². The molecule has 5 rings (SSSR count). The Hall–Kier alpha value is -3.32. The Bertz CT molecular complexity index is 1190. The number of nitrogens with zero attached hydrogens (tertiary/aromatic N) is 5. The van der Waals surface area contributed by atoms with Crippen LogP contribution in [0.1, 0.15) is 22.5 Å². The monoisotopic (exact) mass is 372 g/mol. The number of imidazole rings is 1. The minimum Gasteiger partial charge on any atom is -0.374 e. The number of nitrogen functional groups attached to an aromatic ring is 1. The van der Waals surface area contributed by atoms with Gasteiger partial charge in [0.2, 0.25) is 5.13 Å². The number of pyridine rings is 1. The highest BCUT2D eigenvalue weighted by atomic mass is 32.1. The Labute approximate surface area is 160 Å². The first kappa shape index (κ1) is 15.9. The molecule has 0 aliphatic heterocycles. The van der Waals surface area contributed by atoms with Crippen molar-refractivity contribution in [3.63, 3.8) is 0 Å². The third kappa shape index (κ3) is 2.82. The molecule has 3 heterocycles. The number of fused-ring (bicyclic) bond motifs is 1. The maximum absolute atomic E-state index is 5.74. The van der Waals surface area contributed by atoms with E-state index in [1.54, 1.807) is 6.33 Å². The molecule has 6 nitrogen and oxygen atoms in total. The van der Waals surface area contributed by atoms with Gasteiger partial charge in [-0.25, -0.2) is 9.97 Å². The molecule has 4 aromatic rings. The Balaban J connectivity index is 1.55. The summed E-state index contributed by atoms with van der Waals surface area (Å²) in [6, 6.07) is 12.4. The van der Waals surface area contributed by atoms with Crippen LogP contribution in [0.25, 0.3) is 22.0 Å². The highest BCUT2D eigenvalue weighted by molar-refractivity contribution is 7.18. The van der Waals surface area contributed by atoms with E-state index in [0.29, 0.717) is 5.13 Å². The Kier molecular flexibility index (Phi) is 3.61. The van der Waals surface area contributed by atoms with E-state index in [1.807, 2.05) is 35.9 Å². The Morgan fingerprint density at radius 1 is 1.15 bits per heavy atom. The summed E-state index contributed by atoms with van der Waals surface area (Å²) in [6.45, 7) is 1.97. The highest BCUT2D eigenvalue weighted by Gasteiger charge is 2.19. The number of hydrogen-bond donors (Lipinski definition) is 1. The molecule has 27 heavy (non-hydrogen) atoms. The summed E-state index contributed by atoms with van der Waals surface area (Å²) in [5.74, 6) is 0.857. The van der Waals surface area contributed by atoms with Crippen LogP contribution in [-0.4, -0.2) is 24.7 Å². The maximum Gasteiger partial charge on any atom is 0.203 e. The van der Waals surface area contributed by atoms with E-state index in [2.05, 4.69) is 39.5 Å². The molecular formula is C20H16N6S. The van der Waals surface area contributed by atoms with Crippen molar-refractivity contribution in [2.75, 3.05) is 5.73 Å². The van der Waals surface area contributed by atoms with Crippen LogP contribution >= 0.6 is 11.3 Å². The van der Waals surface area contributed by atoms with E-state index in [0.717, 1.165) is 39.8 Å². The zero-order chi connectivity index (χ0) is 18.4. The van der Waals surface area contributed by atoms with E-state index in [9.17, 15) is 0 Å². The smallest absolute Gasteiger partial charge is 0.203 e. The topological polar surface area (TPSA) is 82.5 Å². The lowest BCUT2D eigenvalue weighted by Gasteiger charge is -2.09. The zero-order valence-corrected chi connectivity index (χ0v) is 15.4. The van der Waals surface area contributed by atoms with Gasteiger partial charge in [-0.15, -0.1) is 10.2 Å². The highest BCUT2D eigenvalue weighted by Crippen LogP contribution is 2.36. The molecule has 0 saturated heterocycles. The van der Waals surface area contributed by atoms with Crippen molar-refractivity contribution in [2.45, 2.75) is 13.3 Å². The molecule has 1 aliphatic carbocycles. The number of aryl methyl sites for hydroxylation is 1. The van der Waals surface area contributed by atoms with E-state index < -0.39 is 0 Å². The standard InChI is InChI=1S/C20H16N6S/c1-12-10-26(11-22-12)18-4-2-3-17(23-18)15-8-7-13-5-6-14(9-16(13)15)19-24-25-20(21)27-19/h2-6,8-11H,7H2,1H3,(H2,21,25). The predicted octanol–water partition coefficient (Wildman–Crippen LogP) is 3.66. The molecule has 0 radical (unpaired) electrons. The first-order valence-electron chi connectivity index (χ1n) is 8.58. The number of rotatable bonds is 3. The second kappa shape index (κ2) is 6.14. The van der Waals surface area contributed by atoms with Gasteiger partial charge in [0.1, 0.15) is 17.2 Å². The lowest BCUT2D eigenvalue weighted by atomic mass is 10.0. The number of hydrogen-bond acceptors (Lipinski definition) is 6. The minimum absolute atomic E-state index is 0.478. The van der Waals surface area contributed by atoms with Crippen LogP contribution in [-0.2, 0) is 6.42 Å². The zero-order valence-electron chi connectivity index (χ0n) is 14.6. The second-order valence-electron chi connectivity index (χ2n) is 6.44. The molecule has 0 atom stereocenters. The SMILES string of the molecule is Cc1cn(-c2cccc(C3=CCc4ccc(-c5nnc(N)s5)cc43)n2)cn1. The van der Waals surface area contributed by atoms with Crippen molar-refractivity contribution in [1.29, 1.82) is 0 Å². The van der Waals surface area contributed by atoms with E-state index in [-0.39, 0.29) is 0 Å². The maximum atomic E-state index is 5.74. The van der Waals surface area contributed by atoms with Crippen molar-refractivity contribution in [3.8, 4) is 16.4 Å². The van der Waals surface area contributed by atoms with Gasteiger partial charge in [0.05, 0.1) is 11.4 Å². The summed E-state index contributed by atoms with van der Waals surface area (Å²) in [7, 11) is 0. The molecule has 132 valence electrons. The number of aromatic nitrogens is 5. The fraction of sp³-hybridized carbons (Fsp3) is 0.100. The molecule has 1 aliphatic rings. The summed E-state index contributed by atoms with van der Waals surface area (Å²) >= 11 is 1.40. The van der Waals surface area contributed by atoms with E-state index in [1.165, 1.54) is 22.5 Å². The van der Waals surface area contributed by atoms with Crippen molar-refractivity contribution in [1.82, 2.24) is 24.7 Å². The Morgan fingerprint density at radius 3 is 2.85 bits per heavy atom. The molecule has 0 unspecified atom stereocenters. The van der Waals surface area contributed by atoms with Gasteiger partial charge in [-0.3, -0.25) is 4.57 Å². The largest absolute Gasteiger partial charge is 0.374 e. The molecule has 7 heteroatoms. The van der Waals surface area contributed by atoms with Crippen molar-refractivity contribution < 1.29 is 0 Å². The molecule has 2 N–H and O–H groups in total. The van der Waals surface area contributed by atoms with Crippen LogP contribution in [0.3, 0.4) is 0 Å². The van der Waals surface area contributed by atoms with Gasteiger partial charge >= 0.3 is 0 Å². The average Bonchev–Trinajstić information content (AvgIpc) is 3.41. The molecule has 3 aromatic heterocycles. The van der Waals surface area contributed by atoms with Gasteiger partial charge in [0.15, 0.2) is 0 Å². The quantitative estimate of drug-likeness (QED) is 0.593. The fourth-order valence-electron chi connectivity index (χ4n) is 3.32. The molecule has 0 spiro atoms. The molecule has 0 saturated carbocycles. The Morgan fingerprint density at radius 2 is 2.07 bits per heavy atom. The first-order chi connectivity index (χ1) is 13.2. The number of allylic oxidation sites excluding steroid dienone is 1. The molecule has 1 aromatic carbocycles. The second-order valence-corrected chi connectivity index (χ2v) is 7.45. The third-order valence-corrected chi connectivity index (χ3v) is 5.40. The van der Waals surface area contributed by atoms with Crippen molar-refractivity contribution in [3.05, 3.63) is 77.5 Å². The van der Waals surface area contributed by atoms with E-state index >= 15 is 0 Å². The fourth-order valence-corrected chi connectivity index (χ4v) is 3.92. The van der Waals surface area contributed by atoms with Crippen LogP contribution < -0.4 is 5.73 Å². The summed E-state index contributed by atoms with van der Waals surface area (Å²) < 4.78 is 1.94. The lowest BCUT2D eigenvalue weighted by molar-refractivity contribution is 0.987. The van der Waals surface area contributed by atoms with Crippen LogP contribution in [0.4, 0.5) is 5.13 Å². The van der Waals surface area contributed by atoms with Gasteiger partial charge in [-0.1, -0.05) is 35.6 Å². The van der Waals surface area contributed by atoms with Crippen LogP contribution in [0.2, 0.25) is 0 Å². The molecule has 0 fully saturated rings. The number of nitrogens with two attached hydrogens (primary N) is 1. The van der Waals surface area contributed by atoms with E-state index in [4.69, 9.17) is 10.7 Å². The lowest BCUT2D eigenvalue weighted by Crippen LogP contribution is -1.98. The third-order valence-electron chi connectivity index (χ3n) is 4.60. The normalized spacial score (nSPS) is 12.9. The van der Waals surface area contributed by atoms with Gasteiger partial charge in [-0.2, -0.15) is 0 Å².